The second kappa shape index (κ2) is 11.0. The monoisotopic (exact) mass is 375 g/mol. The number of hydroxylamine groups is 1. The van der Waals surface area contributed by atoms with Crippen LogP contribution in [0.3, 0.4) is 0 Å². The van der Waals surface area contributed by atoms with E-state index in [1.54, 1.807) is 50.3 Å². The number of nitrogens with one attached hydrogen (secondary N) is 2. The number of aliphatic hydroxyl groups is 1. The molecule has 0 bridgehead atoms. The number of hydrogen-bond acceptors (Lipinski definition) is 6. The molecule has 0 aliphatic rings. The lowest BCUT2D eigenvalue weighted by atomic mass is 9.95. The molecule has 0 saturated carbocycles. The van der Waals surface area contributed by atoms with Crippen LogP contribution in [0.15, 0.2) is 36.4 Å². The summed E-state index contributed by atoms with van der Waals surface area (Å²) in [5, 5.41) is 19.9. The summed E-state index contributed by atoms with van der Waals surface area (Å²) in [5.74, 6) is 4.76. The molecule has 1 atom stereocenters. The summed E-state index contributed by atoms with van der Waals surface area (Å²) in [4.78, 5) is 24.0. The van der Waals surface area contributed by atoms with Gasteiger partial charge in [0.1, 0.15) is 18.4 Å². The molecule has 146 valence electrons. The van der Waals surface area contributed by atoms with Gasteiger partial charge in [-0.25, -0.2) is 5.48 Å². The smallest absolute Gasteiger partial charge is 0.267 e. The lowest BCUT2D eigenvalue weighted by molar-refractivity contribution is -0.132. The summed E-state index contributed by atoms with van der Waals surface area (Å²) < 4.78 is 5.49. The minimum Gasteiger partial charge on any atom is -0.490 e. The van der Waals surface area contributed by atoms with Crippen molar-refractivity contribution < 1.29 is 24.6 Å². The van der Waals surface area contributed by atoms with Gasteiger partial charge < -0.3 is 20.9 Å². The van der Waals surface area contributed by atoms with Gasteiger partial charge in [-0.1, -0.05) is 11.8 Å². The van der Waals surface area contributed by atoms with Gasteiger partial charge in [-0.15, -0.1) is 0 Å². The summed E-state index contributed by atoms with van der Waals surface area (Å²) in [6, 6.07) is 5.23. The Labute approximate surface area is 158 Å². The summed E-state index contributed by atoms with van der Waals surface area (Å²) in [7, 11) is 0. The lowest BCUT2D eigenvalue weighted by Gasteiger charge is -2.29. The molecule has 1 rings (SSSR count). The van der Waals surface area contributed by atoms with E-state index in [0.29, 0.717) is 24.3 Å². The maximum absolute atomic E-state index is 12.3. The number of aliphatic hydroxyl groups excluding tert-OH is 1. The molecule has 0 saturated heterocycles. The molecule has 0 spiro atoms. The largest absolute Gasteiger partial charge is 0.490 e. The molecule has 0 heterocycles. The molecule has 8 heteroatoms. The zero-order valence-electron chi connectivity index (χ0n) is 15.4. The lowest BCUT2D eigenvalue weighted by Crippen LogP contribution is -2.61. The Morgan fingerprint density at radius 1 is 1.33 bits per heavy atom. The molecule has 1 aromatic rings. The summed E-state index contributed by atoms with van der Waals surface area (Å²) in [5.41, 5.74) is 6.62. The van der Waals surface area contributed by atoms with Crippen molar-refractivity contribution in [2.45, 2.75) is 31.8 Å². The molecule has 6 N–H and O–H groups in total. The number of benzene rings is 1. The van der Waals surface area contributed by atoms with Crippen molar-refractivity contribution in [3.05, 3.63) is 42.0 Å². The highest BCUT2D eigenvalue weighted by Crippen LogP contribution is 2.13. The molecule has 0 aliphatic heterocycles. The van der Waals surface area contributed by atoms with E-state index < -0.39 is 23.4 Å². The van der Waals surface area contributed by atoms with E-state index in [1.165, 1.54) is 5.48 Å². The van der Waals surface area contributed by atoms with Crippen LogP contribution in [0.2, 0.25) is 0 Å². The van der Waals surface area contributed by atoms with Crippen molar-refractivity contribution in [1.82, 2.24) is 10.8 Å². The minimum absolute atomic E-state index is 0.0332. The number of amides is 2. The van der Waals surface area contributed by atoms with Crippen LogP contribution in [-0.4, -0.2) is 46.9 Å². The number of hydrogen-bond donors (Lipinski definition) is 5. The number of nitrogens with two attached hydrogens (primary N) is 1. The Balaban J connectivity index is 2.63. The number of rotatable bonds is 8. The molecular formula is C19H25N3O5. The highest BCUT2D eigenvalue weighted by Gasteiger charge is 2.33. The molecule has 0 radical (unpaired) electrons. The Kier molecular flexibility index (Phi) is 9.02. The van der Waals surface area contributed by atoms with Crippen LogP contribution in [0.1, 0.15) is 30.6 Å². The van der Waals surface area contributed by atoms with E-state index in [2.05, 4.69) is 17.2 Å². The first kappa shape index (κ1) is 22.2. The van der Waals surface area contributed by atoms with Crippen LogP contribution < -0.4 is 21.3 Å². The normalized spacial score (nSPS) is 12.0. The molecular weight excluding hydrogens is 350 g/mol. The van der Waals surface area contributed by atoms with Gasteiger partial charge >= 0.3 is 0 Å². The highest BCUT2D eigenvalue weighted by atomic mass is 16.5. The van der Waals surface area contributed by atoms with E-state index in [4.69, 9.17) is 20.8 Å². The van der Waals surface area contributed by atoms with Crippen molar-refractivity contribution >= 4 is 11.8 Å². The fraction of sp³-hybridized carbons (Fsp3) is 0.368. The van der Waals surface area contributed by atoms with E-state index >= 15 is 0 Å². The predicted molar refractivity (Wildman–Crippen MR) is 100 cm³/mol. The molecule has 2 amide bonds. The van der Waals surface area contributed by atoms with Crippen molar-refractivity contribution in [2.24, 2.45) is 5.73 Å². The van der Waals surface area contributed by atoms with E-state index in [0.717, 1.165) is 0 Å². The SMILES string of the molecule is CC(C)(N)C(NC(=O)c1ccc(OCC=CC#CCCO)cc1)C(=O)NO. The molecule has 27 heavy (non-hydrogen) atoms. The van der Waals surface area contributed by atoms with Crippen molar-refractivity contribution in [3.8, 4) is 17.6 Å². The predicted octanol–water partition coefficient (Wildman–Crippen LogP) is 0.349. The number of allylic oxidation sites excluding steroid dienone is 1. The van der Waals surface area contributed by atoms with Gasteiger partial charge in [-0.05, 0) is 50.3 Å². The zero-order valence-corrected chi connectivity index (χ0v) is 15.4. The Morgan fingerprint density at radius 3 is 2.56 bits per heavy atom. The van der Waals surface area contributed by atoms with Crippen LogP contribution in [-0.2, 0) is 4.79 Å². The summed E-state index contributed by atoms with van der Waals surface area (Å²) >= 11 is 0. The average Bonchev–Trinajstić information content (AvgIpc) is 2.64. The number of ether oxygens (including phenoxy) is 1. The van der Waals surface area contributed by atoms with Crippen LogP contribution in [0.4, 0.5) is 0 Å². The highest BCUT2D eigenvalue weighted by molar-refractivity contribution is 5.97. The second-order valence-electron chi connectivity index (χ2n) is 6.24. The Hall–Kier alpha value is -2.86. The maximum Gasteiger partial charge on any atom is 0.267 e. The molecule has 0 aromatic heterocycles. The Bertz CT molecular complexity index is 712. The van der Waals surface area contributed by atoms with Gasteiger partial charge in [0.2, 0.25) is 0 Å². The van der Waals surface area contributed by atoms with Gasteiger partial charge in [0.15, 0.2) is 0 Å². The third kappa shape index (κ3) is 7.92. The van der Waals surface area contributed by atoms with Crippen LogP contribution in [0.25, 0.3) is 0 Å². The zero-order chi connectivity index (χ0) is 20.3. The Morgan fingerprint density at radius 2 is 2.00 bits per heavy atom. The molecule has 0 fully saturated rings. The van der Waals surface area contributed by atoms with E-state index in [9.17, 15) is 9.59 Å². The van der Waals surface area contributed by atoms with Gasteiger partial charge in [-0.3, -0.25) is 14.8 Å². The van der Waals surface area contributed by atoms with E-state index in [1.807, 2.05) is 0 Å². The minimum atomic E-state index is -1.11. The van der Waals surface area contributed by atoms with Gasteiger partial charge in [-0.2, -0.15) is 0 Å². The second-order valence-corrected chi connectivity index (χ2v) is 6.24. The van der Waals surface area contributed by atoms with E-state index in [-0.39, 0.29) is 6.61 Å². The van der Waals surface area contributed by atoms with Crippen molar-refractivity contribution in [3.63, 3.8) is 0 Å². The number of carbonyl (C=O) groups is 2. The molecule has 0 aliphatic carbocycles. The first-order valence-electron chi connectivity index (χ1n) is 8.30. The molecule has 1 unspecified atom stereocenters. The number of carbonyl (C=O) groups excluding carboxylic acids is 2. The van der Waals surface area contributed by atoms with Crippen molar-refractivity contribution in [1.29, 1.82) is 0 Å². The van der Waals surface area contributed by atoms with Gasteiger partial charge in [0, 0.05) is 17.5 Å². The maximum atomic E-state index is 12.3. The first-order chi connectivity index (χ1) is 12.8. The third-order valence-electron chi connectivity index (χ3n) is 3.39. The van der Waals surface area contributed by atoms with Crippen molar-refractivity contribution in [2.75, 3.05) is 13.2 Å². The van der Waals surface area contributed by atoms with Gasteiger partial charge in [0.25, 0.3) is 11.8 Å². The van der Waals surface area contributed by atoms with Crippen LogP contribution in [0.5, 0.6) is 5.75 Å². The third-order valence-corrected chi connectivity index (χ3v) is 3.39. The molecule has 1 aromatic carbocycles. The summed E-state index contributed by atoms with van der Waals surface area (Å²) in [6.45, 7) is 3.46. The average molecular weight is 375 g/mol. The standard InChI is InChI=1S/C19H25N3O5/c1-19(2,20)16(18(25)22-26)21-17(24)14-8-10-15(11-9-14)27-13-7-5-3-4-6-12-23/h5,7-11,16,23,26H,6,12-13,20H2,1-2H3,(H,21,24)(H,22,25). The fourth-order valence-corrected chi connectivity index (χ4v) is 2.01. The van der Waals surface area contributed by atoms with Crippen LogP contribution >= 0.6 is 0 Å². The topological polar surface area (TPSA) is 134 Å². The van der Waals surface area contributed by atoms with Crippen LogP contribution in [0, 0.1) is 11.8 Å². The van der Waals surface area contributed by atoms with Gasteiger partial charge in [0.05, 0.1) is 6.61 Å². The first-order valence-corrected chi connectivity index (χ1v) is 8.30. The fourth-order valence-electron chi connectivity index (χ4n) is 2.01. The summed E-state index contributed by atoms with van der Waals surface area (Å²) in [6.07, 6.45) is 3.79. The quantitative estimate of drug-likeness (QED) is 0.253. The molecule has 8 nitrogen and oxygen atoms in total.